The summed E-state index contributed by atoms with van der Waals surface area (Å²) in [5.74, 6) is -1.40. The van der Waals surface area contributed by atoms with Crippen molar-refractivity contribution in [1.82, 2.24) is 9.88 Å². The maximum atomic E-state index is 12.3. The maximum absolute atomic E-state index is 12.3. The van der Waals surface area contributed by atoms with Gasteiger partial charge in [0.25, 0.3) is 5.91 Å². The maximum Gasteiger partial charge on any atom is 0.329 e. The quantitative estimate of drug-likeness (QED) is 0.865. The molecule has 1 rings (SSSR count). The van der Waals surface area contributed by atoms with Gasteiger partial charge in [0, 0.05) is 12.7 Å². The number of amides is 1. The van der Waals surface area contributed by atoms with Gasteiger partial charge in [-0.25, -0.2) is 9.78 Å². The van der Waals surface area contributed by atoms with Crippen LogP contribution in [0.15, 0.2) is 22.9 Å². The summed E-state index contributed by atoms with van der Waals surface area (Å²) in [4.78, 5) is 28.8. The number of hydrogen-bond donors (Lipinski definition) is 1. The highest BCUT2D eigenvalue weighted by Gasteiger charge is 2.37. The molecule has 1 aromatic rings. The van der Waals surface area contributed by atoms with Crippen molar-refractivity contribution in [2.75, 3.05) is 6.54 Å². The fraction of sp³-hybridized carbons (Fsp3) is 0.417. The van der Waals surface area contributed by atoms with E-state index in [-0.39, 0.29) is 5.91 Å². The van der Waals surface area contributed by atoms with Gasteiger partial charge in [-0.05, 0) is 48.8 Å². The van der Waals surface area contributed by atoms with Gasteiger partial charge in [0.05, 0.1) is 5.56 Å². The van der Waals surface area contributed by atoms with Gasteiger partial charge >= 0.3 is 5.97 Å². The van der Waals surface area contributed by atoms with E-state index in [9.17, 15) is 14.7 Å². The van der Waals surface area contributed by atoms with Crippen LogP contribution in [0, 0.1) is 0 Å². The molecule has 1 N–H and O–H groups in total. The van der Waals surface area contributed by atoms with E-state index in [2.05, 4.69) is 20.9 Å². The standard InChI is InChI=1S/C12H15BrN2O3/c1-4-15(12(2,3)11(17)18)10(16)8-6-5-7-14-9(8)13/h5-7H,4H2,1-3H3,(H,17,18). The fourth-order valence-corrected chi connectivity index (χ4v) is 2.02. The molecular formula is C12H15BrN2O3. The highest BCUT2D eigenvalue weighted by Crippen LogP contribution is 2.21. The Morgan fingerprint density at radius 1 is 1.50 bits per heavy atom. The van der Waals surface area contributed by atoms with Crippen molar-refractivity contribution in [3.8, 4) is 0 Å². The molecule has 0 fully saturated rings. The first-order chi connectivity index (χ1) is 8.32. The number of aliphatic carboxylic acids is 1. The van der Waals surface area contributed by atoms with Crippen molar-refractivity contribution in [2.45, 2.75) is 26.3 Å². The van der Waals surface area contributed by atoms with E-state index in [1.54, 1.807) is 25.3 Å². The molecule has 1 aromatic heterocycles. The summed E-state index contributed by atoms with van der Waals surface area (Å²) in [6.07, 6.45) is 1.56. The third-order valence-electron chi connectivity index (χ3n) is 2.75. The van der Waals surface area contributed by atoms with Crippen molar-refractivity contribution in [1.29, 1.82) is 0 Å². The van der Waals surface area contributed by atoms with Crippen LogP contribution in [-0.2, 0) is 4.79 Å². The van der Waals surface area contributed by atoms with Crippen molar-refractivity contribution in [2.24, 2.45) is 0 Å². The summed E-state index contributed by atoms with van der Waals surface area (Å²) in [5, 5.41) is 9.19. The van der Waals surface area contributed by atoms with Gasteiger partial charge in [0.2, 0.25) is 0 Å². The molecule has 18 heavy (non-hydrogen) atoms. The van der Waals surface area contributed by atoms with Crippen LogP contribution in [0.1, 0.15) is 31.1 Å². The fourth-order valence-electron chi connectivity index (χ4n) is 1.60. The Hall–Kier alpha value is -1.43. The third-order valence-corrected chi connectivity index (χ3v) is 3.38. The molecule has 0 aliphatic heterocycles. The minimum absolute atomic E-state index is 0.305. The van der Waals surface area contributed by atoms with Crippen LogP contribution in [0.4, 0.5) is 0 Å². The topological polar surface area (TPSA) is 70.5 Å². The van der Waals surface area contributed by atoms with Crippen LogP contribution in [0.25, 0.3) is 0 Å². The zero-order valence-electron chi connectivity index (χ0n) is 10.5. The SMILES string of the molecule is CCN(C(=O)c1cccnc1Br)C(C)(C)C(=O)O. The molecular weight excluding hydrogens is 300 g/mol. The highest BCUT2D eigenvalue weighted by molar-refractivity contribution is 9.10. The Balaban J connectivity index is 3.16. The normalized spacial score (nSPS) is 11.1. The zero-order chi connectivity index (χ0) is 13.9. The number of hydrogen-bond acceptors (Lipinski definition) is 3. The first kappa shape index (κ1) is 14.6. The number of likely N-dealkylation sites (N-methyl/N-ethyl adjacent to an activating group) is 1. The van der Waals surface area contributed by atoms with E-state index in [0.29, 0.717) is 16.7 Å². The van der Waals surface area contributed by atoms with Crippen LogP contribution in [0.2, 0.25) is 0 Å². The van der Waals surface area contributed by atoms with Gasteiger partial charge in [-0.3, -0.25) is 4.79 Å². The number of halogens is 1. The summed E-state index contributed by atoms with van der Waals surface area (Å²) in [6, 6.07) is 3.25. The summed E-state index contributed by atoms with van der Waals surface area (Å²) in [5.41, 5.74) is -0.908. The zero-order valence-corrected chi connectivity index (χ0v) is 12.1. The van der Waals surface area contributed by atoms with Crippen LogP contribution < -0.4 is 0 Å². The summed E-state index contributed by atoms with van der Waals surface area (Å²) in [6.45, 7) is 5.05. The van der Waals surface area contributed by atoms with E-state index in [4.69, 9.17) is 0 Å². The third kappa shape index (κ3) is 2.69. The number of carboxylic acid groups (broad SMARTS) is 1. The number of carbonyl (C=O) groups excluding carboxylic acids is 1. The predicted molar refractivity (Wildman–Crippen MR) is 70.4 cm³/mol. The smallest absolute Gasteiger partial charge is 0.329 e. The number of carboxylic acids is 1. The van der Waals surface area contributed by atoms with Crippen molar-refractivity contribution in [3.63, 3.8) is 0 Å². The molecule has 1 heterocycles. The average Bonchev–Trinajstić information content (AvgIpc) is 2.29. The average molecular weight is 315 g/mol. The molecule has 0 radical (unpaired) electrons. The van der Waals surface area contributed by atoms with E-state index in [1.807, 2.05) is 0 Å². The summed E-state index contributed by atoms with van der Waals surface area (Å²) < 4.78 is 0.412. The number of rotatable bonds is 4. The Kier molecular flexibility index (Phi) is 4.45. The molecule has 5 nitrogen and oxygen atoms in total. The molecule has 0 saturated carbocycles. The molecule has 0 atom stereocenters. The second-order valence-corrected chi connectivity index (χ2v) is 5.01. The van der Waals surface area contributed by atoms with Gasteiger partial charge < -0.3 is 10.0 Å². The van der Waals surface area contributed by atoms with Crippen molar-refractivity contribution in [3.05, 3.63) is 28.5 Å². The van der Waals surface area contributed by atoms with Crippen molar-refractivity contribution < 1.29 is 14.7 Å². The lowest BCUT2D eigenvalue weighted by Gasteiger charge is -2.34. The number of aromatic nitrogens is 1. The molecule has 0 aliphatic rings. The van der Waals surface area contributed by atoms with Gasteiger partial charge in [-0.15, -0.1) is 0 Å². The van der Waals surface area contributed by atoms with Gasteiger partial charge in [0.15, 0.2) is 0 Å². The van der Waals surface area contributed by atoms with E-state index in [0.717, 1.165) is 0 Å². The molecule has 1 amide bonds. The lowest BCUT2D eigenvalue weighted by atomic mass is 10.0. The van der Waals surface area contributed by atoms with Crippen LogP contribution in [-0.4, -0.2) is 39.0 Å². The van der Waals surface area contributed by atoms with Crippen LogP contribution in [0.3, 0.4) is 0 Å². The first-order valence-corrected chi connectivity index (χ1v) is 6.27. The molecule has 0 bridgehead atoms. The molecule has 6 heteroatoms. The highest BCUT2D eigenvalue weighted by atomic mass is 79.9. The minimum atomic E-state index is -1.26. The molecule has 0 unspecified atom stereocenters. The minimum Gasteiger partial charge on any atom is -0.480 e. The van der Waals surface area contributed by atoms with Gasteiger partial charge in [-0.2, -0.15) is 0 Å². The van der Waals surface area contributed by atoms with E-state index in [1.165, 1.54) is 18.7 Å². The second kappa shape index (κ2) is 5.48. The largest absolute Gasteiger partial charge is 0.480 e. The van der Waals surface area contributed by atoms with Crippen LogP contribution >= 0.6 is 15.9 Å². The summed E-state index contributed by atoms with van der Waals surface area (Å²) in [7, 11) is 0. The molecule has 0 aliphatic carbocycles. The first-order valence-electron chi connectivity index (χ1n) is 5.48. The molecule has 98 valence electrons. The lowest BCUT2D eigenvalue weighted by molar-refractivity contribution is -0.147. The van der Waals surface area contributed by atoms with E-state index < -0.39 is 11.5 Å². The monoisotopic (exact) mass is 314 g/mol. The second-order valence-electron chi connectivity index (χ2n) is 4.26. The Bertz CT molecular complexity index is 474. The Morgan fingerprint density at radius 3 is 2.56 bits per heavy atom. The van der Waals surface area contributed by atoms with Crippen LogP contribution in [0.5, 0.6) is 0 Å². The summed E-state index contributed by atoms with van der Waals surface area (Å²) >= 11 is 3.19. The number of pyridine rings is 1. The Morgan fingerprint density at radius 2 is 2.11 bits per heavy atom. The van der Waals surface area contributed by atoms with Crippen molar-refractivity contribution >= 4 is 27.8 Å². The molecule has 0 saturated heterocycles. The van der Waals surface area contributed by atoms with Gasteiger partial charge in [-0.1, -0.05) is 0 Å². The number of nitrogens with zero attached hydrogens (tertiary/aromatic N) is 2. The number of carbonyl (C=O) groups is 2. The lowest BCUT2D eigenvalue weighted by Crippen LogP contribution is -2.53. The Labute approximate surface area is 114 Å². The molecule has 0 aromatic carbocycles. The molecule has 0 spiro atoms. The van der Waals surface area contributed by atoms with E-state index >= 15 is 0 Å². The van der Waals surface area contributed by atoms with Gasteiger partial charge in [0.1, 0.15) is 10.1 Å². The predicted octanol–water partition coefficient (Wildman–Crippen LogP) is 2.17.